The van der Waals surface area contributed by atoms with Crippen molar-refractivity contribution in [3.8, 4) is 0 Å². The van der Waals surface area contributed by atoms with Crippen molar-refractivity contribution in [2.24, 2.45) is 0 Å². The minimum atomic E-state index is -0.0966. The Hall–Kier alpha value is -0.260. The second kappa shape index (κ2) is 3.94. The molecule has 1 aromatic rings. The van der Waals surface area contributed by atoms with Crippen LogP contribution >= 0.6 is 27.3 Å². The summed E-state index contributed by atoms with van der Waals surface area (Å²) < 4.78 is 5.44. The molecule has 0 saturated heterocycles. The monoisotopic (exact) mass is 235 g/mol. The van der Waals surface area contributed by atoms with E-state index in [-0.39, 0.29) is 12.4 Å². The molecule has 0 atom stereocenters. The van der Waals surface area contributed by atoms with E-state index < -0.39 is 0 Å². The van der Waals surface area contributed by atoms with Crippen molar-refractivity contribution in [1.82, 2.24) is 4.98 Å². The molecule has 0 unspecified atom stereocenters. The minimum Gasteiger partial charge on any atom is -0.376 e. The smallest absolute Gasteiger partial charge is 0.208 e. The van der Waals surface area contributed by atoms with E-state index in [1.54, 1.807) is 5.51 Å². The summed E-state index contributed by atoms with van der Waals surface area (Å²) in [6.07, 6.45) is 0. The number of thiazole rings is 1. The number of ketones is 1. The second-order valence-electron chi connectivity index (χ2n) is 1.83. The number of carbonyl (C=O) groups is 1. The zero-order valence-corrected chi connectivity index (χ0v) is 8.24. The summed E-state index contributed by atoms with van der Waals surface area (Å²) in [5.41, 5.74) is 2.07. The topological polar surface area (TPSA) is 39.2 Å². The van der Waals surface area contributed by atoms with Gasteiger partial charge in [-0.15, -0.1) is 11.3 Å². The number of hydrogen-bond donors (Lipinski definition) is 0. The minimum absolute atomic E-state index is 0.0856. The maximum Gasteiger partial charge on any atom is 0.208 e. The Morgan fingerprint density at radius 2 is 2.64 bits per heavy atom. The first kappa shape index (κ1) is 8.83. The van der Waals surface area contributed by atoms with Crippen molar-refractivity contribution in [2.75, 3.05) is 13.7 Å². The predicted octanol–water partition coefficient (Wildman–Crippen LogP) is 1.73. The molecule has 0 aromatic carbocycles. The van der Waals surface area contributed by atoms with Crippen LogP contribution in [-0.4, -0.2) is 24.5 Å². The summed E-state index contributed by atoms with van der Waals surface area (Å²) in [4.78, 5) is 15.0. The Bertz CT molecular complexity index is 261. The first-order valence-electron chi connectivity index (χ1n) is 2.87. The zero-order valence-electron chi connectivity index (χ0n) is 5.83. The van der Waals surface area contributed by atoms with E-state index in [0.717, 1.165) is 3.79 Å². The van der Waals surface area contributed by atoms with E-state index in [0.29, 0.717) is 5.69 Å². The number of aromatic nitrogens is 1. The quantitative estimate of drug-likeness (QED) is 0.750. The first-order valence-corrected chi connectivity index (χ1v) is 4.54. The normalized spacial score (nSPS) is 10.0. The number of ether oxygens (including phenoxy) is 1. The van der Waals surface area contributed by atoms with Gasteiger partial charge < -0.3 is 4.74 Å². The van der Waals surface area contributed by atoms with E-state index in [1.165, 1.54) is 18.4 Å². The van der Waals surface area contributed by atoms with Crippen molar-refractivity contribution < 1.29 is 9.53 Å². The molecule has 3 nitrogen and oxygen atoms in total. The van der Waals surface area contributed by atoms with Crippen LogP contribution in [0.25, 0.3) is 0 Å². The summed E-state index contributed by atoms with van der Waals surface area (Å²) in [6.45, 7) is 0.0856. The zero-order chi connectivity index (χ0) is 8.27. The van der Waals surface area contributed by atoms with Gasteiger partial charge in [0.05, 0.1) is 5.51 Å². The Labute approximate surface area is 76.5 Å². The maximum absolute atomic E-state index is 11.1. The van der Waals surface area contributed by atoms with Gasteiger partial charge in [0.1, 0.15) is 16.1 Å². The highest BCUT2D eigenvalue weighted by atomic mass is 79.9. The van der Waals surface area contributed by atoms with E-state index in [1.807, 2.05) is 0 Å². The summed E-state index contributed by atoms with van der Waals surface area (Å²) >= 11 is 4.60. The van der Waals surface area contributed by atoms with Crippen LogP contribution < -0.4 is 0 Å². The molecule has 0 amide bonds. The molecule has 0 spiro atoms. The SMILES string of the molecule is COCC(=O)c1ncsc1Br. The van der Waals surface area contributed by atoms with Gasteiger partial charge in [-0.2, -0.15) is 0 Å². The van der Waals surface area contributed by atoms with Gasteiger partial charge in [0.25, 0.3) is 0 Å². The van der Waals surface area contributed by atoms with Crippen LogP contribution in [0.5, 0.6) is 0 Å². The molecule has 11 heavy (non-hydrogen) atoms. The van der Waals surface area contributed by atoms with Crippen molar-refractivity contribution in [3.05, 3.63) is 15.0 Å². The van der Waals surface area contributed by atoms with Crippen molar-refractivity contribution in [3.63, 3.8) is 0 Å². The van der Waals surface area contributed by atoms with Crippen LogP contribution in [0.4, 0.5) is 0 Å². The molecule has 0 fully saturated rings. The lowest BCUT2D eigenvalue weighted by molar-refractivity contribution is 0.0843. The number of nitrogens with zero attached hydrogens (tertiary/aromatic N) is 1. The van der Waals surface area contributed by atoms with E-state index >= 15 is 0 Å². The van der Waals surface area contributed by atoms with Crippen LogP contribution in [0, 0.1) is 0 Å². The number of halogens is 1. The highest BCUT2D eigenvalue weighted by molar-refractivity contribution is 9.11. The molecule has 0 N–H and O–H groups in total. The number of Topliss-reactive ketones (excluding diaryl/α,β-unsaturated/α-hetero) is 1. The molecule has 0 radical (unpaired) electrons. The molecular weight excluding hydrogens is 230 g/mol. The Morgan fingerprint density at radius 1 is 1.91 bits per heavy atom. The Morgan fingerprint density at radius 3 is 3.09 bits per heavy atom. The molecule has 1 aromatic heterocycles. The van der Waals surface area contributed by atoms with Crippen LogP contribution in [0.15, 0.2) is 9.30 Å². The molecule has 5 heteroatoms. The third-order valence-electron chi connectivity index (χ3n) is 1.06. The van der Waals surface area contributed by atoms with Crippen molar-refractivity contribution >= 4 is 33.0 Å². The fraction of sp³-hybridized carbons (Fsp3) is 0.333. The molecule has 0 saturated carbocycles. The standard InChI is InChI=1S/C6H6BrNO2S/c1-10-2-4(9)5-6(7)11-3-8-5/h3H,2H2,1H3. The van der Waals surface area contributed by atoms with E-state index in [9.17, 15) is 4.79 Å². The van der Waals surface area contributed by atoms with Crippen LogP contribution in [0.3, 0.4) is 0 Å². The third kappa shape index (κ3) is 2.08. The van der Waals surface area contributed by atoms with Crippen molar-refractivity contribution in [2.45, 2.75) is 0 Å². The van der Waals surface area contributed by atoms with Crippen LogP contribution in [0.2, 0.25) is 0 Å². The van der Waals surface area contributed by atoms with E-state index in [2.05, 4.69) is 25.7 Å². The van der Waals surface area contributed by atoms with Gasteiger partial charge in [0.15, 0.2) is 0 Å². The lowest BCUT2D eigenvalue weighted by Gasteiger charge is -1.93. The Balaban J connectivity index is 2.76. The lowest BCUT2D eigenvalue weighted by atomic mass is 10.3. The van der Waals surface area contributed by atoms with Gasteiger partial charge in [-0.05, 0) is 15.9 Å². The van der Waals surface area contributed by atoms with Gasteiger partial charge in [0.2, 0.25) is 5.78 Å². The fourth-order valence-electron chi connectivity index (χ4n) is 0.613. The molecule has 0 aliphatic heterocycles. The number of hydrogen-bond acceptors (Lipinski definition) is 4. The highest BCUT2D eigenvalue weighted by Crippen LogP contribution is 2.20. The molecule has 60 valence electrons. The average molecular weight is 236 g/mol. The summed E-state index contributed by atoms with van der Waals surface area (Å²) in [5, 5.41) is 0. The average Bonchev–Trinajstić information content (AvgIpc) is 2.36. The summed E-state index contributed by atoms with van der Waals surface area (Å²) in [6, 6.07) is 0. The molecule has 1 rings (SSSR count). The first-order chi connectivity index (χ1) is 5.25. The summed E-state index contributed by atoms with van der Waals surface area (Å²) in [7, 11) is 1.48. The number of rotatable bonds is 3. The number of carbonyl (C=O) groups excluding carboxylic acids is 1. The highest BCUT2D eigenvalue weighted by Gasteiger charge is 2.11. The van der Waals surface area contributed by atoms with E-state index in [4.69, 9.17) is 0 Å². The van der Waals surface area contributed by atoms with Gasteiger partial charge in [-0.1, -0.05) is 0 Å². The van der Waals surface area contributed by atoms with Gasteiger partial charge >= 0.3 is 0 Å². The Kier molecular flexibility index (Phi) is 3.16. The van der Waals surface area contributed by atoms with Crippen LogP contribution in [-0.2, 0) is 4.74 Å². The number of methoxy groups -OCH3 is 1. The molecule has 0 aliphatic carbocycles. The third-order valence-corrected chi connectivity index (χ3v) is 2.61. The predicted molar refractivity (Wildman–Crippen MR) is 46.0 cm³/mol. The van der Waals surface area contributed by atoms with Crippen molar-refractivity contribution in [1.29, 1.82) is 0 Å². The van der Waals surface area contributed by atoms with Gasteiger partial charge in [0, 0.05) is 7.11 Å². The second-order valence-corrected chi connectivity index (χ2v) is 4.00. The maximum atomic E-state index is 11.1. The van der Waals surface area contributed by atoms with Gasteiger partial charge in [-0.25, -0.2) is 4.98 Å². The molecule has 1 heterocycles. The lowest BCUT2D eigenvalue weighted by Crippen LogP contribution is -2.07. The van der Waals surface area contributed by atoms with Gasteiger partial charge in [-0.3, -0.25) is 4.79 Å². The molecule has 0 aliphatic rings. The molecular formula is C6H6BrNO2S. The largest absolute Gasteiger partial charge is 0.376 e. The summed E-state index contributed by atoms with van der Waals surface area (Å²) in [5.74, 6) is -0.0966. The molecule has 0 bridgehead atoms. The fourth-order valence-corrected chi connectivity index (χ4v) is 1.72. The van der Waals surface area contributed by atoms with Crippen LogP contribution in [0.1, 0.15) is 10.5 Å².